The highest BCUT2D eigenvalue weighted by molar-refractivity contribution is 7.07. The molecule has 4 rings (SSSR count). The van der Waals surface area contributed by atoms with E-state index in [0.29, 0.717) is 6.61 Å². The minimum atomic E-state index is 0. The third-order valence-corrected chi connectivity index (χ3v) is 5.19. The van der Waals surface area contributed by atoms with E-state index in [1.165, 1.54) is 16.7 Å². The van der Waals surface area contributed by atoms with E-state index < -0.39 is 0 Å². The van der Waals surface area contributed by atoms with Crippen molar-refractivity contribution in [2.45, 2.75) is 12.8 Å². The Balaban J connectivity index is 0.00000225. The number of halogens is 1. The Morgan fingerprint density at radius 1 is 0.964 bits per heavy atom. The van der Waals surface area contributed by atoms with Crippen LogP contribution < -0.4 is 15.4 Å². The fourth-order valence-electron chi connectivity index (χ4n) is 2.99. The molecule has 0 fully saturated rings. The maximum atomic E-state index is 5.84. The van der Waals surface area contributed by atoms with Gasteiger partial charge in [-0.2, -0.15) is 11.3 Å². The lowest BCUT2D eigenvalue weighted by Crippen LogP contribution is -2.26. The van der Waals surface area contributed by atoms with Gasteiger partial charge in [-0.15, -0.1) is 12.4 Å². The third-order valence-electron chi connectivity index (χ3n) is 4.46. The van der Waals surface area contributed by atoms with Crippen LogP contribution in [0, 0.1) is 0 Å². The van der Waals surface area contributed by atoms with E-state index in [2.05, 4.69) is 81.0 Å². The average molecular weight is 414 g/mol. The van der Waals surface area contributed by atoms with Gasteiger partial charge >= 0.3 is 0 Å². The zero-order valence-corrected chi connectivity index (χ0v) is 17.2. The van der Waals surface area contributed by atoms with Crippen LogP contribution in [-0.2, 0) is 12.8 Å². The maximum Gasteiger partial charge on any atom is 0.195 e. The second-order valence-corrected chi connectivity index (χ2v) is 7.31. The van der Waals surface area contributed by atoms with Crippen LogP contribution in [0.5, 0.6) is 5.75 Å². The van der Waals surface area contributed by atoms with Gasteiger partial charge in [-0.25, -0.2) is 0 Å². The van der Waals surface area contributed by atoms with E-state index >= 15 is 0 Å². The van der Waals surface area contributed by atoms with Gasteiger partial charge in [0.15, 0.2) is 5.96 Å². The molecule has 0 saturated heterocycles. The number of anilines is 1. The van der Waals surface area contributed by atoms with E-state index in [9.17, 15) is 0 Å². The third kappa shape index (κ3) is 5.75. The summed E-state index contributed by atoms with van der Waals surface area (Å²) < 4.78 is 5.84. The van der Waals surface area contributed by atoms with Crippen LogP contribution in [0.4, 0.5) is 5.69 Å². The average Bonchev–Trinajstić information content (AvgIpc) is 3.39. The fraction of sp³-hybridized carbons (Fsp3) is 0.227. The summed E-state index contributed by atoms with van der Waals surface area (Å²) in [6, 6.07) is 19.1. The summed E-state index contributed by atoms with van der Waals surface area (Å²) in [5.74, 6) is 1.79. The van der Waals surface area contributed by atoms with E-state index in [0.717, 1.165) is 43.3 Å². The summed E-state index contributed by atoms with van der Waals surface area (Å²) in [4.78, 5) is 4.35. The van der Waals surface area contributed by atoms with E-state index in [-0.39, 0.29) is 12.4 Å². The zero-order valence-electron chi connectivity index (χ0n) is 15.6. The maximum absolute atomic E-state index is 5.84. The summed E-state index contributed by atoms with van der Waals surface area (Å²) >= 11 is 1.73. The van der Waals surface area contributed by atoms with Crippen LogP contribution in [0.2, 0.25) is 0 Å². The number of hydrogen-bond acceptors (Lipinski definition) is 5. The van der Waals surface area contributed by atoms with E-state index in [1.54, 1.807) is 11.3 Å². The Bertz CT molecular complexity index is 877. The molecule has 0 radical (unpaired) electrons. The Kier molecular flexibility index (Phi) is 7.34. The highest BCUT2D eigenvalue weighted by Gasteiger charge is 2.05. The molecule has 0 saturated carbocycles. The minimum absolute atomic E-state index is 0. The van der Waals surface area contributed by atoms with Crippen molar-refractivity contribution in [3.05, 3.63) is 82.0 Å². The first-order valence-electron chi connectivity index (χ1n) is 9.22. The van der Waals surface area contributed by atoms with Gasteiger partial charge in [0.2, 0.25) is 0 Å². The molecular formula is C22H24ClN3OS. The molecule has 6 heteroatoms. The zero-order chi connectivity index (χ0) is 18.3. The summed E-state index contributed by atoms with van der Waals surface area (Å²) in [5, 5.41) is 10.8. The van der Waals surface area contributed by atoms with Gasteiger partial charge in [0.25, 0.3) is 0 Å². The number of hydrogen-bond donors (Lipinski definition) is 2. The van der Waals surface area contributed by atoms with Crippen LogP contribution >= 0.6 is 23.7 Å². The first-order chi connectivity index (χ1) is 13.3. The molecule has 2 heterocycles. The summed E-state index contributed by atoms with van der Waals surface area (Å²) in [6.45, 7) is 2.47. The number of guanidine groups is 1. The van der Waals surface area contributed by atoms with Crippen molar-refractivity contribution < 1.29 is 4.74 Å². The lowest BCUT2D eigenvalue weighted by Gasteiger charge is -2.09. The first-order valence-corrected chi connectivity index (χ1v) is 10.2. The molecule has 28 heavy (non-hydrogen) atoms. The van der Waals surface area contributed by atoms with Crippen molar-refractivity contribution in [2.24, 2.45) is 4.99 Å². The second-order valence-electron chi connectivity index (χ2n) is 6.53. The quantitative estimate of drug-likeness (QED) is 0.587. The standard InChI is InChI=1S/C22H23N3OS.ClH/c1-5-20(25-22-23-11-12-24-22)6-2-17(1)15-18-3-7-21(8-4-18)26-13-9-19-10-14-27-16-19;/h1-8,10,14,16H,9,11-13,15H2,(H2,23,24,25);1H. The summed E-state index contributed by atoms with van der Waals surface area (Å²) in [6.07, 6.45) is 1.86. The number of ether oxygens (including phenoxy) is 1. The summed E-state index contributed by atoms with van der Waals surface area (Å²) in [5.41, 5.74) is 4.96. The molecule has 0 atom stereocenters. The Hall–Kier alpha value is -2.50. The number of rotatable bonds is 7. The van der Waals surface area contributed by atoms with Crippen molar-refractivity contribution in [2.75, 3.05) is 25.0 Å². The highest BCUT2D eigenvalue weighted by atomic mass is 35.5. The molecule has 0 bridgehead atoms. The number of thiophene rings is 1. The predicted molar refractivity (Wildman–Crippen MR) is 120 cm³/mol. The van der Waals surface area contributed by atoms with Crippen molar-refractivity contribution in [1.29, 1.82) is 0 Å². The van der Waals surface area contributed by atoms with Gasteiger partial charge in [0.1, 0.15) is 5.75 Å². The largest absolute Gasteiger partial charge is 0.493 e. The number of nitrogens with one attached hydrogen (secondary N) is 2. The van der Waals surface area contributed by atoms with Crippen LogP contribution in [0.3, 0.4) is 0 Å². The molecule has 1 aromatic heterocycles. The Morgan fingerprint density at radius 3 is 2.36 bits per heavy atom. The highest BCUT2D eigenvalue weighted by Crippen LogP contribution is 2.17. The fourth-order valence-corrected chi connectivity index (χ4v) is 3.69. The molecule has 4 nitrogen and oxygen atoms in total. The molecule has 3 aromatic rings. The molecule has 2 N–H and O–H groups in total. The smallest absolute Gasteiger partial charge is 0.195 e. The first kappa shape index (κ1) is 20.2. The van der Waals surface area contributed by atoms with Gasteiger partial charge in [-0.05, 0) is 64.2 Å². The van der Waals surface area contributed by atoms with Crippen LogP contribution in [0.1, 0.15) is 16.7 Å². The topological polar surface area (TPSA) is 45.6 Å². The molecule has 0 amide bonds. The molecule has 0 spiro atoms. The van der Waals surface area contributed by atoms with Crippen molar-refractivity contribution >= 4 is 35.4 Å². The van der Waals surface area contributed by atoms with Gasteiger partial charge in [-0.3, -0.25) is 4.99 Å². The van der Waals surface area contributed by atoms with E-state index in [1.807, 2.05) is 0 Å². The van der Waals surface area contributed by atoms with Crippen LogP contribution in [-0.4, -0.2) is 25.7 Å². The lowest BCUT2D eigenvalue weighted by molar-refractivity contribution is 0.322. The van der Waals surface area contributed by atoms with Gasteiger partial charge < -0.3 is 15.4 Å². The number of aliphatic imine (C=N–C) groups is 1. The van der Waals surface area contributed by atoms with Gasteiger partial charge in [0, 0.05) is 18.7 Å². The molecule has 146 valence electrons. The number of benzene rings is 2. The molecular weight excluding hydrogens is 390 g/mol. The summed E-state index contributed by atoms with van der Waals surface area (Å²) in [7, 11) is 0. The van der Waals surface area contributed by atoms with Crippen molar-refractivity contribution in [3.8, 4) is 5.75 Å². The number of nitrogens with zero attached hydrogens (tertiary/aromatic N) is 1. The van der Waals surface area contributed by atoms with E-state index in [4.69, 9.17) is 4.74 Å². The Morgan fingerprint density at radius 2 is 1.71 bits per heavy atom. The predicted octanol–water partition coefficient (Wildman–Crippen LogP) is 4.75. The van der Waals surface area contributed by atoms with Crippen LogP contribution in [0.25, 0.3) is 0 Å². The monoisotopic (exact) mass is 413 g/mol. The molecule has 1 aliphatic heterocycles. The normalized spacial score (nSPS) is 12.6. The molecule has 0 aliphatic carbocycles. The lowest BCUT2D eigenvalue weighted by atomic mass is 10.0. The van der Waals surface area contributed by atoms with Gasteiger partial charge in [0.05, 0.1) is 13.2 Å². The molecule has 2 aromatic carbocycles. The van der Waals surface area contributed by atoms with Gasteiger partial charge in [-0.1, -0.05) is 24.3 Å². The van der Waals surface area contributed by atoms with Crippen molar-refractivity contribution in [1.82, 2.24) is 5.32 Å². The Labute approximate surface area is 176 Å². The minimum Gasteiger partial charge on any atom is -0.493 e. The van der Waals surface area contributed by atoms with Crippen molar-refractivity contribution in [3.63, 3.8) is 0 Å². The molecule has 1 aliphatic rings. The SMILES string of the molecule is Cl.c1cc(CCOc2ccc(Cc3ccc(NC4=NCCN4)cc3)cc2)cs1. The molecule has 0 unspecified atom stereocenters. The second kappa shape index (κ2) is 10.2. The van der Waals surface area contributed by atoms with Crippen LogP contribution in [0.15, 0.2) is 70.3 Å².